The molecule has 0 spiro atoms. The van der Waals surface area contributed by atoms with E-state index < -0.39 is 29.9 Å². The molecule has 1 atom stereocenters. The van der Waals surface area contributed by atoms with Crippen molar-refractivity contribution in [2.75, 3.05) is 0 Å². The van der Waals surface area contributed by atoms with E-state index in [-0.39, 0.29) is 6.42 Å². The van der Waals surface area contributed by atoms with Gasteiger partial charge in [0.25, 0.3) is 5.91 Å². The number of nitrogens with one attached hydrogen (secondary N) is 3. The first-order valence-corrected chi connectivity index (χ1v) is 3.69. The summed E-state index contributed by atoms with van der Waals surface area (Å²) in [5.74, 6) is -1.32. The summed E-state index contributed by atoms with van der Waals surface area (Å²) in [5.41, 5.74) is 4.67. The molecule has 1 saturated heterocycles. The summed E-state index contributed by atoms with van der Waals surface area (Å²) in [4.78, 5) is 42.7. The van der Waals surface area contributed by atoms with Crippen molar-refractivity contribution < 1.29 is 19.2 Å². The van der Waals surface area contributed by atoms with Crippen LogP contribution in [0, 0.1) is 0 Å². The molecule has 1 heterocycles. The monoisotopic (exact) mass is 200 g/mol. The standard InChI is InChI=1S/C6H8N4O4/c7-5(13)9-3(11)1-2-4(12)10-6(14)8-2/h2H,1H2,(H3,7,9,11,13)(H2,8,10,12,14)/t2-/m1/s1. The molecule has 1 fully saturated rings. The van der Waals surface area contributed by atoms with Gasteiger partial charge in [-0.05, 0) is 0 Å². The smallest absolute Gasteiger partial charge is 0.322 e. The van der Waals surface area contributed by atoms with Gasteiger partial charge in [0.05, 0.1) is 6.42 Å². The van der Waals surface area contributed by atoms with Crippen LogP contribution in [-0.2, 0) is 9.59 Å². The maximum absolute atomic E-state index is 10.9. The minimum absolute atomic E-state index is 0.319. The second kappa shape index (κ2) is 3.73. The molecule has 76 valence electrons. The van der Waals surface area contributed by atoms with Gasteiger partial charge in [-0.2, -0.15) is 0 Å². The highest BCUT2D eigenvalue weighted by Gasteiger charge is 2.31. The van der Waals surface area contributed by atoms with Crippen LogP contribution in [0.5, 0.6) is 0 Å². The van der Waals surface area contributed by atoms with Crippen LogP contribution in [0.2, 0.25) is 0 Å². The van der Waals surface area contributed by atoms with E-state index in [0.717, 1.165) is 0 Å². The summed E-state index contributed by atoms with van der Waals surface area (Å²) >= 11 is 0. The third-order valence-corrected chi connectivity index (χ3v) is 1.51. The average molecular weight is 200 g/mol. The molecule has 14 heavy (non-hydrogen) atoms. The molecule has 0 aromatic rings. The predicted molar refractivity (Wildman–Crippen MR) is 42.8 cm³/mol. The number of imide groups is 2. The van der Waals surface area contributed by atoms with Gasteiger partial charge in [0.15, 0.2) is 0 Å². The SMILES string of the molecule is NC(=O)NC(=O)C[C@H]1NC(=O)NC1=O. The first-order valence-electron chi connectivity index (χ1n) is 3.69. The minimum atomic E-state index is -1.00. The molecular weight excluding hydrogens is 192 g/mol. The zero-order chi connectivity index (χ0) is 10.7. The molecular formula is C6H8N4O4. The molecule has 8 heteroatoms. The summed E-state index contributed by atoms with van der Waals surface area (Å²) < 4.78 is 0. The lowest BCUT2D eigenvalue weighted by Gasteiger charge is -2.05. The Hall–Kier alpha value is -2.12. The maximum Gasteiger partial charge on any atom is 0.322 e. The third-order valence-electron chi connectivity index (χ3n) is 1.51. The molecule has 1 aliphatic heterocycles. The number of urea groups is 2. The van der Waals surface area contributed by atoms with E-state index in [4.69, 9.17) is 0 Å². The second-order valence-corrected chi connectivity index (χ2v) is 2.63. The lowest BCUT2D eigenvalue weighted by molar-refractivity contribution is -0.125. The molecule has 0 saturated carbocycles. The van der Waals surface area contributed by atoms with Gasteiger partial charge in [0.2, 0.25) is 5.91 Å². The molecule has 1 aliphatic rings. The van der Waals surface area contributed by atoms with Gasteiger partial charge in [-0.25, -0.2) is 9.59 Å². The molecule has 6 amide bonds. The van der Waals surface area contributed by atoms with Crippen LogP contribution in [0.1, 0.15) is 6.42 Å². The first-order chi connectivity index (χ1) is 6.49. The largest absolute Gasteiger partial charge is 0.351 e. The quantitative estimate of drug-likeness (QED) is 0.376. The predicted octanol–water partition coefficient (Wildman–Crippen LogP) is -2.22. The number of primary amides is 1. The normalized spacial score (nSPS) is 19.9. The Kier molecular flexibility index (Phi) is 2.65. The molecule has 5 N–H and O–H groups in total. The van der Waals surface area contributed by atoms with E-state index in [0.29, 0.717) is 0 Å². The highest BCUT2D eigenvalue weighted by molar-refractivity contribution is 6.06. The van der Waals surface area contributed by atoms with Gasteiger partial charge < -0.3 is 11.1 Å². The van der Waals surface area contributed by atoms with E-state index >= 15 is 0 Å². The Balaban J connectivity index is 2.45. The van der Waals surface area contributed by atoms with Gasteiger partial charge in [-0.15, -0.1) is 0 Å². The number of nitrogens with two attached hydrogens (primary N) is 1. The molecule has 0 aromatic carbocycles. The Morgan fingerprint density at radius 3 is 2.50 bits per heavy atom. The highest BCUT2D eigenvalue weighted by Crippen LogP contribution is 1.98. The number of amides is 6. The van der Waals surface area contributed by atoms with Crippen molar-refractivity contribution in [3.05, 3.63) is 0 Å². The number of carbonyl (C=O) groups excluding carboxylic acids is 4. The molecule has 0 unspecified atom stereocenters. The van der Waals surface area contributed by atoms with Crippen molar-refractivity contribution in [2.45, 2.75) is 12.5 Å². The van der Waals surface area contributed by atoms with Crippen LogP contribution in [0.4, 0.5) is 9.59 Å². The zero-order valence-electron chi connectivity index (χ0n) is 6.99. The van der Waals surface area contributed by atoms with Gasteiger partial charge in [-0.3, -0.25) is 20.2 Å². The Bertz CT molecular complexity index is 313. The number of hydrogen-bond donors (Lipinski definition) is 4. The van der Waals surface area contributed by atoms with Gasteiger partial charge in [0, 0.05) is 0 Å². The van der Waals surface area contributed by atoms with Crippen LogP contribution >= 0.6 is 0 Å². The van der Waals surface area contributed by atoms with Crippen molar-refractivity contribution in [1.82, 2.24) is 16.0 Å². The van der Waals surface area contributed by atoms with E-state index in [1.807, 2.05) is 5.32 Å². The lowest BCUT2D eigenvalue weighted by atomic mass is 10.2. The summed E-state index contributed by atoms with van der Waals surface area (Å²) in [5, 5.41) is 5.91. The summed E-state index contributed by atoms with van der Waals surface area (Å²) in [6.07, 6.45) is -0.319. The first kappa shape index (κ1) is 9.96. The lowest BCUT2D eigenvalue weighted by Crippen LogP contribution is -2.40. The van der Waals surface area contributed by atoms with Crippen molar-refractivity contribution in [2.24, 2.45) is 5.73 Å². The summed E-state index contributed by atoms with van der Waals surface area (Å²) in [7, 11) is 0. The van der Waals surface area contributed by atoms with Gasteiger partial charge in [0.1, 0.15) is 6.04 Å². The van der Waals surface area contributed by atoms with Gasteiger partial charge in [-0.1, -0.05) is 0 Å². The number of hydrogen-bond acceptors (Lipinski definition) is 4. The zero-order valence-corrected chi connectivity index (χ0v) is 6.99. The number of rotatable bonds is 2. The molecule has 0 aliphatic carbocycles. The second-order valence-electron chi connectivity index (χ2n) is 2.63. The summed E-state index contributed by atoms with van der Waals surface area (Å²) in [6, 6.07) is -2.60. The van der Waals surface area contributed by atoms with Gasteiger partial charge >= 0.3 is 12.1 Å². The molecule has 0 aromatic heterocycles. The van der Waals surface area contributed by atoms with Crippen LogP contribution in [0.3, 0.4) is 0 Å². The van der Waals surface area contributed by atoms with E-state index in [1.165, 1.54) is 0 Å². The van der Waals surface area contributed by atoms with Crippen LogP contribution in [0.15, 0.2) is 0 Å². The fourth-order valence-corrected chi connectivity index (χ4v) is 0.976. The minimum Gasteiger partial charge on any atom is -0.351 e. The van der Waals surface area contributed by atoms with Crippen molar-refractivity contribution in [3.63, 3.8) is 0 Å². The third kappa shape index (κ3) is 2.44. The van der Waals surface area contributed by atoms with Crippen LogP contribution in [0.25, 0.3) is 0 Å². The van der Waals surface area contributed by atoms with E-state index in [9.17, 15) is 19.2 Å². The fraction of sp³-hybridized carbons (Fsp3) is 0.333. The van der Waals surface area contributed by atoms with Crippen molar-refractivity contribution >= 4 is 23.9 Å². The fourth-order valence-electron chi connectivity index (χ4n) is 0.976. The Morgan fingerprint density at radius 2 is 2.07 bits per heavy atom. The molecule has 8 nitrogen and oxygen atoms in total. The van der Waals surface area contributed by atoms with Crippen molar-refractivity contribution in [3.8, 4) is 0 Å². The van der Waals surface area contributed by atoms with E-state index in [2.05, 4.69) is 11.1 Å². The Morgan fingerprint density at radius 1 is 1.43 bits per heavy atom. The summed E-state index contributed by atoms with van der Waals surface area (Å²) in [6.45, 7) is 0. The molecule has 1 rings (SSSR count). The Labute approximate surface area is 78.2 Å². The van der Waals surface area contributed by atoms with Crippen LogP contribution < -0.4 is 21.7 Å². The van der Waals surface area contributed by atoms with Crippen molar-refractivity contribution in [1.29, 1.82) is 0 Å². The maximum atomic E-state index is 10.9. The molecule has 0 radical (unpaired) electrons. The number of carbonyl (C=O) groups is 4. The topological polar surface area (TPSA) is 130 Å². The van der Waals surface area contributed by atoms with Crippen LogP contribution in [-0.4, -0.2) is 29.9 Å². The molecule has 0 bridgehead atoms. The van der Waals surface area contributed by atoms with E-state index in [1.54, 1.807) is 5.32 Å². The highest BCUT2D eigenvalue weighted by atomic mass is 16.2. The average Bonchev–Trinajstić information content (AvgIpc) is 2.28.